The molecule has 0 heterocycles. The molecule has 0 fully saturated rings. The van der Waals surface area contributed by atoms with Crippen molar-refractivity contribution in [1.29, 1.82) is 0 Å². The summed E-state index contributed by atoms with van der Waals surface area (Å²) in [6.07, 6.45) is 1.33. The van der Waals surface area contributed by atoms with Gasteiger partial charge in [0.1, 0.15) is 0 Å². The zero-order valence-electron chi connectivity index (χ0n) is 9.18. The van der Waals surface area contributed by atoms with Gasteiger partial charge in [0.05, 0.1) is 5.56 Å². The van der Waals surface area contributed by atoms with Crippen LogP contribution in [0.4, 0.5) is 10.1 Å². The summed E-state index contributed by atoms with van der Waals surface area (Å²) in [6, 6.07) is 3.40. The van der Waals surface area contributed by atoms with Crippen molar-refractivity contribution in [3.05, 3.63) is 40.8 Å². The minimum atomic E-state index is -0.388. The molecule has 0 bridgehead atoms. The predicted molar refractivity (Wildman–Crippen MR) is 61.9 cm³/mol. The molecule has 0 aliphatic heterocycles. The summed E-state index contributed by atoms with van der Waals surface area (Å²) < 4.78 is 13.7. The van der Waals surface area contributed by atoms with Crippen molar-refractivity contribution in [2.75, 3.05) is 6.54 Å². The van der Waals surface area contributed by atoms with E-state index in [0.717, 1.165) is 5.56 Å². The summed E-state index contributed by atoms with van der Waals surface area (Å²) >= 11 is 0. The highest BCUT2D eigenvalue weighted by Gasteiger charge is 2.09. The summed E-state index contributed by atoms with van der Waals surface area (Å²) in [4.78, 5) is 0. The predicted octanol–water partition coefficient (Wildman–Crippen LogP) is 0.160. The molecule has 0 radical (unpaired) electrons. The van der Waals surface area contributed by atoms with Crippen LogP contribution in [0, 0.1) is 24.6 Å². The maximum absolute atomic E-state index is 13.7. The van der Waals surface area contributed by atoms with E-state index in [1.807, 2.05) is 0 Å². The molecule has 84 valence electrons. The van der Waals surface area contributed by atoms with Crippen LogP contribution in [0.5, 0.6) is 0 Å². The van der Waals surface area contributed by atoms with Crippen molar-refractivity contribution in [3.63, 3.8) is 0 Å². The number of rotatable bonds is 1. The highest BCUT2D eigenvalue weighted by atomic mass is 19.1. The van der Waals surface area contributed by atoms with E-state index in [1.54, 1.807) is 19.1 Å². The van der Waals surface area contributed by atoms with Crippen LogP contribution in [0.3, 0.4) is 0 Å². The first-order valence-corrected chi connectivity index (χ1v) is 4.84. The molecule has 0 saturated carbocycles. The molecule has 1 aromatic rings. The Hall–Kier alpha value is -1.83. The lowest BCUT2D eigenvalue weighted by Crippen LogP contribution is -2.41. The molecular weight excluding hydrogens is 205 g/mol. The average molecular weight is 220 g/mol. The van der Waals surface area contributed by atoms with Crippen LogP contribution in [-0.4, -0.2) is 6.54 Å². The lowest BCUT2D eigenvalue weighted by Gasteiger charge is -2.00. The van der Waals surface area contributed by atoms with Crippen molar-refractivity contribution in [1.82, 2.24) is 0 Å². The fraction of sp³-hybridized carbons (Fsp3) is 0.167. The quantitative estimate of drug-likeness (QED) is 0.589. The van der Waals surface area contributed by atoms with Crippen molar-refractivity contribution in [2.45, 2.75) is 6.92 Å². The van der Waals surface area contributed by atoms with Gasteiger partial charge in [-0.2, -0.15) is 4.39 Å². The summed E-state index contributed by atoms with van der Waals surface area (Å²) in [5.74, 6) is 5.08. The van der Waals surface area contributed by atoms with E-state index in [0.29, 0.717) is 16.8 Å². The minimum absolute atomic E-state index is 0.244. The van der Waals surface area contributed by atoms with Crippen molar-refractivity contribution < 1.29 is 10.1 Å². The molecule has 1 rings (SSSR count). The van der Waals surface area contributed by atoms with Gasteiger partial charge in [0.2, 0.25) is 0 Å². The van der Waals surface area contributed by atoms with Crippen molar-refractivity contribution >= 4 is 5.69 Å². The molecule has 7 N–H and O–H groups in total. The molecule has 16 heavy (non-hydrogen) atoms. The van der Waals surface area contributed by atoms with E-state index in [2.05, 4.69) is 17.6 Å². The largest absolute Gasteiger partial charge is 0.404 e. The topological polar surface area (TPSA) is 79.7 Å². The van der Waals surface area contributed by atoms with Gasteiger partial charge >= 0.3 is 0 Å². The molecule has 0 aromatic heterocycles. The average Bonchev–Trinajstić information content (AvgIpc) is 2.29. The molecule has 0 aliphatic carbocycles. The summed E-state index contributed by atoms with van der Waals surface area (Å²) in [5.41, 5.74) is 16.3. The number of aryl methyl sites for hydroxylation is 1. The molecule has 0 aliphatic rings. The first kappa shape index (κ1) is 12.2. The Morgan fingerprint density at radius 2 is 2.25 bits per heavy atom. The Morgan fingerprint density at radius 1 is 1.56 bits per heavy atom. The van der Waals surface area contributed by atoms with E-state index in [1.165, 1.54) is 6.20 Å². The van der Waals surface area contributed by atoms with Gasteiger partial charge in [-0.1, -0.05) is 17.9 Å². The standard InChI is InChI=1S/C12H14FN3/c1-8-2-5-11(16)12(13)10(8)4-3-9(6-14)7-15/h2,5-6H,7,14-16H2,1H3/p+1/b9-6-. The zero-order valence-corrected chi connectivity index (χ0v) is 9.18. The molecule has 0 amide bonds. The third kappa shape index (κ3) is 2.60. The first-order valence-electron chi connectivity index (χ1n) is 4.84. The molecule has 4 heteroatoms. The van der Waals surface area contributed by atoms with Gasteiger partial charge in [0.25, 0.3) is 0 Å². The Balaban J connectivity index is 3.20. The molecule has 0 spiro atoms. The van der Waals surface area contributed by atoms with E-state index in [-0.39, 0.29) is 12.4 Å². The van der Waals surface area contributed by atoms with E-state index < -0.39 is 0 Å². The Kier molecular flexibility index (Phi) is 4.06. The van der Waals surface area contributed by atoms with Crippen LogP contribution < -0.4 is 17.2 Å². The Labute approximate surface area is 94.1 Å². The van der Waals surface area contributed by atoms with Gasteiger partial charge in [-0.3, -0.25) is 0 Å². The molecule has 0 unspecified atom stereocenters. The number of hydrogen-bond acceptors (Lipinski definition) is 2. The summed E-state index contributed by atoms with van der Waals surface area (Å²) in [7, 11) is 0. The van der Waals surface area contributed by atoms with Crippen LogP contribution in [0.2, 0.25) is 0 Å². The second-order valence-corrected chi connectivity index (χ2v) is 3.38. The number of hydrogen-bond donors (Lipinski definition) is 3. The lowest BCUT2D eigenvalue weighted by molar-refractivity contribution is -0.258. The van der Waals surface area contributed by atoms with Crippen molar-refractivity contribution in [2.24, 2.45) is 11.5 Å². The normalized spacial score (nSPS) is 10.9. The van der Waals surface area contributed by atoms with Gasteiger partial charge < -0.3 is 17.2 Å². The smallest absolute Gasteiger partial charge is 0.199 e. The number of benzene rings is 1. The molecule has 1 aromatic carbocycles. The van der Waals surface area contributed by atoms with E-state index >= 15 is 0 Å². The van der Waals surface area contributed by atoms with Gasteiger partial charge in [-0.25, -0.2) is 0 Å². The second-order valence-electron chi connectivity index (χ2n) is 3.38. The fourth-order valence-corrected chi connectivity index (χ4v) is 1.17. The van der Waals surface area contributed by atoms with Gasteiger partial charge in [-0.15, -0.1) is 0 Å². The monoisotopic (exact) mass is 220 g/mol. The lowest BCUT2D eigenvalue weighted by atomic mass is 10.1. The number of nitrogens with two attached hydrogens (primary N) is 2. The SMILES string of the molecule is Cc1ccc([NH3+])c(F)c1C#C/C(=C/N)CN. The Morgan fingerprint density at radius 3 is 2.81 bits per heavy atom. The first-order chi connectivity index (χ1) is 7.60. The number of quaternary nitrogens is 1. The maximum Gasteiger partial charge on any atom is 0.199 e. The summed E-state index contributed by atoms with van der Waals surface area (Å²) in [6.45, 7) is 2.04. The zero-order chi connectivity index (χ0) is 12.1. The van der Waals surface area contributed by atoms with Crippen LogP contribution in [0.1, 0.15) is 11.1 Å². The molecule has 3 nitrogen and oxygen atoms in total. The van der Waals surface area contributed by atoms with Crippen LogP contribution in [0.25, 0.3) is 0 Å². The molecule has 0 atom stereocenters. The van der Waals surface area contributed by atoms with Crippen LogP contribution in [-0.2, 0) is 0 Å². The van der Waals surface area contributed by atoms with Gasteiger partial charge in [0, 0.05) is 24.4 Å². The van der Waals surface area contributed by atoms with E-state index in [4.69, 9.17) is 11.5 Å². The fourth-order valence-electron chi connectivity index (χ4n) is 1.17. The number of halogens is 1. The second kappa shape index (κ2) is 5.31. The third-order valence-electron chi connectivity index (χ3n) is 2.20. The summed E-state index contributed by atoms with van der Waals surface area (Å²) in [5, 5.41) is 0. The van der Waals surface area contributed by atoms with Crippen LogP contribution >= 0.6 is 0 Å². The molecule has 0 saturated heterocycles. The highest BCUT2D eigenvalue weighted by molar-refractivity contribution is 5.51. The van der Waals surface area contributed by atoms with Crippen LogP contribution in [0.15, 0.2) is 23.9 Å². The van der Waals surface area contributed by atoms with Crippen molar-refractivity contribution in [3.8, 4) is 11.8 Å². The third-order valence-corrected chi connectivity index (χ3v) is 2.20. The van der Waals surface area contributed by atoms with Gasteiger partial charge in [-0.05, 0) is 12.5 Å². The Bertz CT molecular complexity index is 481. The highest BCUT2D eigenvalue weighted by Crippen LogP contribution is 2.16. The van der Waals surface area contributed by atoms with Gasteiger partial charge in [0.15, 0.2) is 11.5 Å². The van der Waals surface area contributed by atoms with E-state index in [9.17, 15) is 4.39 Å². The maximum atomic E-state index is 13.7. The molecular formula is C12H15FN3+. The minimum Gasteiger partial charge on any atom is -0.404 e.